The number of hydrogen-bond donors (Lipinski definition) is 2. The van der Waals surface area contributed by atoms with E-state index in [-0.39, 0.29) is 24.2 Å². The maximum absolute atomic E-state index is 13.9. The van der Waals surface area contributed by atoms with Crippen LogP contribution in [0, 0.1) is 52.7 Å². The highest BCUT2D eigenvalue weighted by Gasteiger charge is 2.83. The number of nitrogens with two attached hydrogens (primary N) is 1. The van der Waals surface area contributed by atoms with Gasteiger partial charge in [0.1, 0.15) is 11.2 Å². The second kappa shape index (κ2) is 6.17. The minimum absolute atomic E-state index is 0.209. The number of carboxylic acids is 1. The molecule has 0 amide bonds. The smallest absolute Gasteiger partial charge is 0.307 e. The van der Waals surface area contributed by atoms with Crippen molar-refractivity contribution < 1.29 is 19.1 Å². The zero-order chi connectivity index (χ0) is 19.3. The minimum atomic E-state index is -1.43. The molecule has 0 spiro atoms. The van der Waals surface area contributed by atoms with Crippen molar-refractivity contribution in [2.45, 2.75) is 33.1 Å². The minimum Gasteiger partial charge on any atom is -0.481 e. The molecule has 5 unspecified atom stereocenters. The summed E-state index contributed by atoms with van der Waals surface area (Å²) < 4.78 is 13.9. The molecule has 26 heavy (non-hydrogen) atoms. The second-order valence-electron chi connectivity index (χ2n) is 7.52. The number of carboxylic acid groups (broad SMARTS) is 1. The Morgan fingerprint density at radius 1 is 1.46 bits per heavy atom. The quantitative estimate of drug-likeness (QED) is 0.813. The van der Waals surface area contributed by atoms with Crippen LogP contribution in [0.2, 0.25) is 0 Å². The van der Waals surface area contributed by atoms with Crippen LogP contribution in [0.5, 0.6) is 0 Å². The van der Waals surface area contributed by atoms with Gasteiger partial charge in [0.25, 0.3) is 0 Å². The molecule has 0 saturated heterocycles. The molecule has 138 valence electrons. The van der Waals surface area contributed by atoms with E-state index in [0.717, 1.165) is 5.56 Å². The number of benzene rings is 1. The Labute approximate surface area is 152 Å². The van der Waals surface area contributed by atoms with E-state index in [4.69, 9.17) is 5.73 Å². The van der Waals surface area contributed by atoms with Crippen LogP contribution in [0.3, 0.4) is 0 Å². The highest BCUT2D eigenvalue weighted by molar-refractivity contribution is 5.94. The maximum atomic E-state index is 13.9. The summed E-state index contributed by atoms with van der Waals surface area (Å²) in [4.78, 5) is 24.6. The molecule has 3 N–H and O–H groups in total. The number of hydrogen-bond acceptors (Lipinski definition) is 4. The Balaban J connectivity index is 2.07. The van der Waals surface area contributed by atoms with E-state index in [2.05, 4.69) is 6.07 Å². The lowest BCUT2D eigenvalue weighted by atomic mass is 9.61. The molecule has 3 rings (SSSR count). The van der Waals surface area contributed by atoms with Gasteiger partial charge >= 0.3 is 5.97 Å². The van der Waals surface area contributed by atoms with Crippen molar-refractivity contribution in [2.24, 2.45) is 34.3 Å². The van der Waals surface area contributed by atoms with E-state index < -0.39 is 28.5 Å². The average Bonchev–Trinajstić information content (AvgIpc) is 3.20. The van der Waals surface area contributed by atoms with Gasteiger partial charge in [0.15, 0.2) is 5.78 Å². The number of carbonyl (C=O) groups excluding carboxylic acids is 1. The van der Waals surface area contributed by atoms with E-state index in [0.29, 0.717) is 24.8 Å². The Hall–Kier alpha value is -2.26. The normalized spacial score (nSPS) is 34.8. The number of halogens is 1. The topological polar surface area (TPSA) is 104 Å². The van der Waals surface area contributed by atoms with Gasteiger partial charge in [-0.2, -0.15) is 5.26 Å². The molecule has 0 heterocycles. The molecule has 0 radical (unpaired) electrons. The molecule has 2 aliphatic rings. The maximum Gasteiger partial charge on any atom is 0.307 e. The van der Waals surface area contributed by atoms with Gasteiger partial charge in [-0.05, 0) is 55.2 Å². The van der Waals surface area contributed by atoms with Gasteiger partial charge in [-0.15, -0.1) is 0 Å². The van der Waals surface area contributed by atoms with Gasteiger partial charge in [-0.3, -0.25) is 9.59 Å². The summed E-state index contributed by atoms with van der Waals surface area (Å²) in [5.41, 5.74) is 4.59. The van der Waals surface area contributed by atoms with Gasteiger partial charge in [0, 0.05) is 5.41 Å². The molecular formula is C20H23FN2O3. The second-order valence-corrected chi connectivity index (χ2v) is 7.52. The molecule has 0 bridgehead atoms. The molecular weight excluding hydrogens is 335 g/mol. The van der Waals surface area contributed by atoms with E-state index in [1.807, 2.05) is 6.92 Å². The number of aliphatic carboxylic acids is 1. The lowest BCUT2D eigenvalue weighted by molar-refractivity contribution is -0.142. The average molecular weight is 358 g/mol. The molecule has 6 heteroatoms. The predicted octanol–water partition coefficient (Wildman–Crippen LogP) is 2.46. The summed E-state index contributed by atoms with van der Waals surface area (Å²) in [6.07, 6.45) is 1.28. The van der Waals surface area contributed by atoms with Crippen LogP contribution >= 0.6 is 0 Å². The summed E-state index contributed by atoms with van der Waals surface area (Å²) >= 11 is 0. The predicted molar refractivity (Wildman–Crippen MR) is 92.4 cm³/mol. The first-order chi connectivity index (χ1) is 12.3. The number of nitriles is 1. The summed E-state index contributed by atoms with van der Waals surface area (Å²) in [6, 6.07) is 7.00. The van der Waals surface area contributed by atoms with Crippen molar-refractivity contribution >= 4 is 11.8 Å². The molecule has 2 saturated carbocycles. The third-order valence-electron chi connectivity index (χ3n) is 6.89. The van der Waals surface area contributed by atoms with Crippen LogP contribution in [0.4, 0.5) is 4.39 Å². The summed E-state index contributed by atoms with van der Waals surface area (Å²) in [5.74, 6) is -2.93. The van der Waals surface area contributed by atoms with Crippen molar-refractivity contribution in [1.29, 1.82) is 5.26 Å². The van der Waals surface area contributed by atoms with Crippen LogP contribution in [0.25, 0.3) is 0 Å². The van der Waals surface area contributed by atoms with Crippen molar-refractivity contribution in [3.05, 3.63) is 35.1 Å². The molecule has 1 aromatic carbocycles. The van der Waals surface area contributed by atoms with E-state index in [1.54, 1.807) is 19.1 Å². The molecule has 0 aromatic heterocycles. The van der Waals surface area contributed by atoms with Crippen LogP contribution in [-0.2, 0) is 16.0 Å². The Morgan fingerprint density at radius 3 is 2.69 bits per heavy atom. The first-order valence-corrected chi connectivity index (χ1v) is 8.93. The highest BCUT2D eigenvalue weighted by atomic mass is 19.1. The standard InChI is InChI=1S/C20H23FN2O3/c1-3-19-14(17(19)18(25)26)8-13(20(19,10-23)16(24)9-22)7-12-5-4-6-15(21)11(12)2/h4-6,13-14,17H,3,7-9,22H2,1-2H3,(H,25,26). The van der Waals surface area contributed by atoms with E-state index >= 15 is 0 Å². The van der Waals surface area contributed by atoms with Gasteiger partial charge in [-0.1, -0.05) is 19.1 Å². The monoisotopic (exact) mass is 358 g/mol. The molecule has 5 atom stereocenters. The van der Waals surface area contributed by atoms with Crippen molar-refractivity contribution in [1.82, 2.24) is 0 Å². The van der Waals surface area contributed by atoms with Crippen molar-refractivity contribution in [2.75, 3.05) is 6.54 Å². The Bertz CT molecular complexity index is 818. The third-order valence-corrected chi connectivity index (χ3v) is 6.89. The van der Waals surface area contributed by atoms with Crippen LogP contribution < -0.4 is 5.73 Å². The zero-order valence-corrected chi connectivity index (χ0v) is 15.0. The largest absolute Gasteiger partial charge is 0.481 e. The molecule has 2 fully saturated rings. The fraction of sp³-hybridized carbons (Fsp3) is 0.550. The number of rotatable bonds is 6. The summed E-state index contributed by atoms with van der Waals surface area (Å²) in [6.45, 7) is 3.21. The number of carbonyl (C=O) groups is 2. The van der Waals surface area contributed by atoms with Crippen LogP contribution in [-0.4, -0.2) is 23.4 Å². The molecule has 0 aliphatic heterocycles. The number of nitrogens with zero attached hydrogens (tertiary/aromatic N) is 1. The number of fused-ring (bicyclic) bond motifs is 1. The fourth-order valence-corrected chi connectivity index (χ4v) is 5.70. The van der Waals surface area contributed by atoms with Gasteiger partial charge < -0.3 is 10.8 Å². The van der Waals surface area contributed by atoms with Crippen molar-refractivity contribution in [3.63, 3.8) is 0 Å². The van der Waals surface area contributed by atoms with Crippen molar-refractivity contribution in [3.8, 4) is 6.07 Å². The zero-order valence-electron chi connectivity index (χ0n) is 15.0. The summed E-state index contributed by atoms with van der Waals surface area (Å²) in [7, 11) is 0. The summed E-state index contributed by atoms with van der Waals surface area (Å²) in [5, 5.41) is 19.7. The Morgan fingerprint density at radius 2 is 2.15 bits per heavy atom. The first-order valence-electron chi connectivity index (χ1n) is 8.93. The number of ketones is 1. The van der Waals surface area contributed by atoms with Crippen LogP contribution in [0.15, 0.2) is 18.2 Å². The SMILES string of the molecule is CCC12C(CC(Cc3cccc(F)c3C)C1(C#N)C(=O)CN)C2C(=O)O. The number of Topliss-reactive ketones (excluding diaryl/α,β-unsaturated/α-hetero) is 1. The van der Waals surface area contributed by atoms with Gasteiger partial charge in [0.05, 0.1) is 18.5 Å². The lowest BCUT2D eigenvalue weighted by Gasteiger charge is -2.37. The van der Waals surface area contributed by atoms with E-state index in [1.165, 1.54) is 6.07 Å². The molecule has 5 nitrogen and oxygen atoms in total. The molecule has 2 aliphatic carbocycles. The Kier molecular flexibility index (Phi) is 4.40. The first kappa shape index (κ1) is 18.5. The van der Waals surface area contributed by atoms with Gasteiger partial charge in [-0.25, -0.2) is 4.39 Å². The molecule has 1 aromatic rings. The highest BCUT2D eigenvalue weighted by Crippen LogP contribution is 2.79. The third kappa shape index (κ3) is 2.10. The van der Waals surface area contributed by atoms with Gasteiger partial charge in [0.2, 0.25) is 0 Å². The van der Waals surface area contributed by atoms with Crippen LogP contribution in [0.1, 0.15) is 30.9 Å². The van der Waals surface area contributed by atoms with E-state index in [9.17, 15) is 24.3 Å². The lowest BCUT2D eigenvalue weighted by Crippen LogP contribution is -2.48. The fourth-order valence-electron chi connectivity index (χ4n) is 5.70.